The van der Waals surface area contributed by atoms with Crippen LogP contribution in [0.4, 0.5) is 0 Å². The van der Waals surface area contributed by atoms with Gasteiger partial charge < -0.3 is 19.3 Å². The number of carbonyl (C=O) groups is 2. The standard InChI is InChI=1S/C25H23BrN2O4S/c26-19-6-4-18(5-7-19)25(30)28(20-8-9-20)15-24(29)27(14-21-2-1-11-33-21)13-17-3-10-22-23(12-17)32-16-31-22/h1-7,10-12,20H,8-9,13-16H2. The van der Waals surface area contributed by atoms with E-state index in [0.717, 1.165) is 33.5 Å². The maximum Gasteiger partial charge on any atom is 0.254 e. The summed E-state index contributed by atoms with van der Waals surface area (Å²) in [5.74, 6) is 1.24. The number of hydrogen-bond donors (Lipinski definition) is 0. The van der Waals surface area contributed by atoms with E-state index in [1.165, 1.54) is 0 Å². The summed E-state index contributed by atoms with van der Waals surface area (Å²) in [7, 11) is 0. The van der Waals surface area contributed by atoms with Crippen LogP contribution in [0.15, 0.2) is 64.5 Å². The van der Waals surface area contributed by atoms with Crippen LogP contribution in [0.25, 0.3) is 0 Å². The summed E-state index contributed by atoms with van der Waals surface area (Å²) in [5.41, 5.74) is 1.56. The number of halogens is 1. The Hall–Kier alpha value is -2.84. The van der Waals surface area contributed by atoms with Crippen molar-refractivity contribution < 1.29 is 19.1 Å². The minimum Gasteiger partial charge on any atom is -0.454 e. The van der Waals surface area contributed by atoms with Gasteiger partial charge in [-0.1, -0.05) is 28.1 Å². The first-order chi connectivity index (χ1) is 16.1. The summed E-state index contributed by atoms with van der Waals surface area (Å²) < 4.78 is 11.8. The summed E-state index contributed by atoms with van der Waals surface area (Å²) in [6.07, 6.45) is 1.87. The molecule has 8 heteroatoms. The number of amides is 2. The maximum absolute atomic E-state index is 13.5. The molecule has 2 aliphatic rings. The Morgan fingerprint density at radius 3 is 2.52 bits per heavy atom. The fraction of sp³-hybridized carbons (Fsp3) is 0.280. The van der Waals surface area contributed by atoms with Crippen LogP contribution in [0.1, 0.15) is 33.6 Å². The van der Waals surface area contributed by atoms with Crippen LogP contribution < -0.4 is 9.47 Å². The molecule has 3 aromatic rings. The van der Waals surface area contributed by atoms with Gasteiger partial charge in [0, 0.05) is 27.5 Å². The summed E-state index contributed by atoms with van der Waals surface area (Å²) >= 11 is 5.03. The zero-order chi connectivity index (χ0) is 22.8. The first-order valence-corrected chi connectivity index (χ1v) is 12.5. The fourth-order valence-corrected chi connectivity index (χ4v) is 4.82. The van der Waals surface area contributed by atoms with Crippen LogP contribution in [0.2, 0.25) is 0 Å². The van der Waals surface area contributed by atoms with Gasteiger partial charge in [-0.3, -0.25) is 9.59 Å². The van der Waals surface area contributed by atoms with Crippen molar-refractivity contribution in [1.82, 2.24) is 9.80 Å². The van der Waals surface area contributed by atoms with Crippen molar-refractivity contribution in [2.75, 3.05) is 13.3 Å². The highest BCUT2D eigenvalue weighted by Gasteiger charge is 2.35. The lowest BCUT2D eigenvalue weighted by Crippen LogP contribution is -2.43. The second-order valence-corrected chi connectivity index (χ2v) is 10.1. The monoisotopic (exact) mass is 526 g/mol. The van der Waals surface area contributed by atoms with Gasteiger partial charge in [-0.25, -0.2) is 0 Å². The highest BCUT2D eigenvalue weighted by Crippen LogP contribution is 2.33. The molecule has 1 aliphatic carbocycles. The fourth-order valence-electron chi connectivity index (χ4n) is 3.84. The molecule has 33 heavy (non-hydrogen) atoms. The van der Waals surface area contributed by atoms with Gasteiger partial charge >= 0.3 is 0 Å². The van der Waals surface area contributed by atoms with Gasteiger partial charge in [-0.05, 0) is 66.2 Å². The smallest absolute Gasteiger partial charge is 0.254 e. The Kier molecular flexibility index (Phi) is 6.37. The van der Waals surface area contributed by atoms with Gasteiger partial charge in [0.25, 0.3) is 5.91 Å². The molecule has 170 valence electrons. The van der Waals surface area contributed by atoms with E-state index >= 15 is 0 Å². The number of carbonyl (C=O) groups excluding carboxylic acids is 2. The number of ether oxygens (including phenoxy) is 2. The van der Waals surface area contributed by atoms with Crippen molar-refractivity contribution in [3.8, 4) is 11.5 Å². The lowest BCUT2D eigenvalue weighted by Gasteiger charge is -2.28. The van der Waals surface area contributed by atoms with E-state index in [4.69, 9.17) is 9.47 Å². The van der Waals surface area contributed by atoms with E-state index in [0.29, 0.717) is 24.4 Å². The molecule has 0 saturated heterocycles. The van der Waals surface area contributed by atoms with Crippen molar-refractivity contribution in [3.05, 3.63) is 80.5 Å². The number of hydrogen-bond acceptors (Lipinski definition) is 5. The quantitative estimate of drug-likeness (QED) is 0.411. The van der Waals surface area contributed by atoms with Crippen molar-refractivity contribution in [1.29, 1.82) is 0 Å². The molecule has 2 aromatic carbocycles. The van der Waals surface area contributed by atoms with Crippen LogP contribution in [0.3, 0.4) is 0 Å². The topological polar surface area (TPSA) is 59.1 Å². The summed E-state index contributed by atoms with van der Waals surface area (Å²) in [5, 5.41) is 2.01. The predicted molar refractivity (Wildman–Crippen MR) is 129 cm³/mol. The van der Waals surface area contributed by atoms with Crippen LogP contribution in [-0.4, -0.2) is 41.0 Å². The van der Waals surface area contributed by atoms with E-state index in [2.05, 4.69) is 15.9 Å². The summed E-state index contributed by atoms with van der Waals surface area (Å²) in [4.78, 5) is 31.4. The molecule has 0 unspecified atom stereocenters. The number of thiophene rings is 1. The van der Waals surface area contributed by atoms with E-state index < -0.39 is 0 Å². The van der Waals surface area contributed by atoms with Crippen LogP contribution in [-0.2, 0) is 17.9 Å². The Bertz CT molecular complexity index is 1150. The average molecular weight is 527 g/mol. The highest BCUT2D eigenvalue weighted by molar-refractivity contribution is 9.10. The third kappa shape index (κ3) is 5.23. The Morgan fingerprint density at radius 2 is 1.79 bits per heavy atom. The van der Waals surface area contributed by atoms with Gasteiger partial charge in [-0.15, -0.1) is 11.3 Å². The molecule has 5 rings (SSSR count). The van der Waals surface area contributed by atoms with Gasteiger partial charge in [0.1, 0.15) is 6.54 Å². The largest absolute Gasteiger partial charge is 0.454 e. The minimum absolute atomic E-state index is 0.0650. The first-order valence-electron chi connectivity index (χ1n) is 10.8. The first kappa shape index (κ1) is 22.0. The summed E-state index contributed by atoms with van der Waals surface area (Å²) in [6, 6.07) is 17.2. The van der Waals surface area contributed by atoms with Gasteiger partial charge in [0.05, 0.1) is 6.54 Å². The van der Waals surface area contributed by atoms with Crippen LogP contribution in [0.5, 0.6) is 11.5 Å². The number of rotatable bonds is 8. The number of nitrogens with zero attached hydrogens (tertiary/aromatic N) is 2. The lowest BCUT2D eigenvalue weighted by atomic mass is 10.1. The summed E-state index contributed by atoms with van der Waals surface area (Å²) in [6.45, 7) is 1.20. The zero-order valence-corrected chi connectivity index (χ0v) is 20.3. The van der Waals surface area contributed by atoms with Gasteiger partial charge in [0.2, 0.25) is 12.7 Å². The lowest BCUT2D eigenvalue weighted by molar-refractivity contribution is -0.133. The van der Waals surface area contributed by atoms with Crippen molar-refractivity contribution in [2.45, 2.75) is 32.0 Å². The molecule has 0 bridgehead atoms. The maximum atomic E-state index is 13.5. The Labute approximate surface area is 204 Å². The minimum atomic E-state index is -0.0995. The van der Waals surface area contributed by atoms with Crippen molar-refractivity contribution in [3.63, 3.8) is 0 Å². The normalized spacial score (nSPS) is 14.2. The predicted octanol–water partition coefficient (Wildman–Crippen LogP) is 5.07. The molecular weight excluding hydrogens is 504 g/mol. The number of fused-ring (bicyclic) bond motifs is 1. The second-order valence-electron chi connectivity index (χ2n) is 8.19. The molecule has 1 fully saturated rings. The molecule has 2 amide bonds. The molecule has 0 spiro atoms. The van der Waals surface area contributed by atoms with Crippen LogP contribution >= 0.6 is 27.3 Å². The Balaban J connectivity index is 1.35. The number of benzene rings is 2. The van der Waals surface area contributed by atoms with E-state index in [1.807, 2.05) is 52.7 Å². The molecule has 1 aromatic heterocycles. The molecule has 6 nitrogen and oxygen atoms in total. The molecule has 0 N–H and O–H groups in total. The van der Waals surface area contributed by atoms with E-state index in [-0.39, 0.29) is 31.2 Å². The molecule has 2 heterocycles. The highest BCUT2D eigenvalue weighted by atomic mass is 79.9. The SMILES string of the molecule is O=C(CN(C(=O)c1ccc(Br)cc1)C1CC1)N(Cc1ccc2c(c1)OCO2)Cc1cccs1. The Morgan fingerprint density at radius 1 is 1.00 bits per heavy atom. The molecular formula is C25H23BrN2O4S. The van der Waals surface area contributed by atoms with E-state index in [1.54, 1.807) is 28.4 Å². The molecule has 0 atom stereocenters. The van der Waals surface area contributed by atoms with E-state index in [9.17, 15) is 9.59 Å². The molecule has 0 radical (unpaired) electrons. The third-order valence-corrected chi connectivity index (χ3v) is 7.13. The van der Waals surface area contributed by atoms with Crippen LogP contribution in [0, 0.1) is 0 Å². The molecule has 1 aliphatic heterocycles. The zero-order valence-electron chi connectivity index (χ0n) is 17.9. The van der Waals surface area contributed by atoms with Gasteiger partial charge in [-0.2, -0.15) is 0 Å². The van der Waals surface area contributed by atoms with Crippen molar-refractivity contribution >= 4 is 39.1 Å². The van der Waals surface area contributed by atoms with Crippen molar-refractivity contribution in [2.24, 2.45) is 0 Å². The average Bonchev–Trinajstić information content (AvgIpc) is 3.32. The van der Waals surface area contributed by atoms with Gasteiger partial charge in [0.15, 0.2) is 11.5 Å². The molecule has 1 saturated carbocycles. The third-order valence-electron chi connectivity index (χ3n) is 5.74. The second kappa shape index (κ2) is 9.57.